The third kappa shape index (κ3) is 13.7. The van der Waals surface area contributed by atoms with Crippen molar-refractivity contribution in [1.29, 1.82) is 0 Å². The normalized spacial score (nSPS) is 17.6. The molecule has 2 aromatic rings. The Bertz CT molecular complexity index is 1620. The van der Waals surface area contributed by atoms with E-state index in [-0.39, 0.29) is 60.7 Å². The Labute approximate surface area is 343 Å². The van der Waals surface area contributed by atoms with Crippen molar-refractivity contribution in [3.05, 3.63) is 45.7 Å². The number of unbranched alkanes of at least 4 members (excludes halogenated alkanes) is 3. The van der Waals surface area contributed by atoms with E-state index in [1.54, 1.807) is 38.4 Å². The number of carbonyl (C=O) groups excluding carboxylic acids is 3. The molecule has 2 heterocycles. The highest BCUT2D eigenvalue weighted by Gasteiger charge is 2.38. The van der Waals surface area contributed by atoms with Gasteiger partial charge in [0.1, 0.15) is 28.7 Å². The molecule has 5 N–H and O–H groups in total. The average Bonchev–Trinajstić information content (AvgIpc) is 3.67. The lowest BCUT2D eigenvalue weighted by Crippen LogP contribution is -2.58. The van der Waals surface area contributed by atoms with E-state index < -0.39 is 41.3 Å². The molecule has 1 aromatic carbocycles. The van der Waals surface area contributed by atoms with Crippen molar-refractivity contribution < 1.29 is 33.8 Å². The van der Waals surface area contributed by atoms with Crippen LogP contribution in [-0.4, -0.2) is 100 Å². The first kappa shape index (κ1) is 47.8. The Morgan fingerprint density at radius 3 is 2.40 bits per heavy atom. The van der Waals surface area contributed by atoms with E-state index in [1.807, 2.05) is 39.6 Å². The predicted octanol–water partition coefficient (Wildman–Crippen LogP) is 7.04. The molecule has 1 fully saturated rings. The fraction of sp³-hybridized carbons (Fsp3) is 0.698. The van der Waals surface area contributed by atoms with Crippen molar-refractivity contribution >= 4 is 40.7 Å². The number of benzene rings is 1. The number of aliphatic hydroxyl groups is 1. The number of likely N-dealkylation sites (tertiary alicyclic amines) is 1. The Hall–Kier alpha value is -3.62. The van der Waals surface area contributed by atoms with Crippen LogP contribution in [0.5, 0.6) is 0 Å². The molecule has 6 atom stereocenters. The second-order valence-corrected chi connectivity index (χ2v) is 17.8. The number of hydrogen-bond donors (Lipinski definition) is 5. The monoisotopic (exact) mass is 816 g/mol. The largest absolute Gasteiger partial charge is 0.481 e. The van der Waals surface area contributed by atoms with E-state index in [0.717, 1.165) is 62.8 Å². The molecule has 320 valence electrons. The highest BCUT2D eigenvalue weighted by atomic mass is 32.1. The van der Waals surface area contributed by atoms with Gasteiger partial charge in [-0.25, -0.2) is 9.37 Å². The predicted molar refractivity (Wildman–Crippen MR) is 225 cm³/mol. The van der Waals surface area contributed by atoms with Crippen LogP contribution in [0.1, 0.15) is 140 Å². The Morgan fingerprint density at radius 2 is 1.81 bits per heavy atom. The number of piperidine rings is 1. The summed E-state index contributed by atoms with van der Waals surface area (Å²) in [5, 5.41) is 32.3. The number of aromatic nitrogens is 1. The molecule has 0 saturated carbocycles. The van der Waals surface area contributed by atoms with Crippen LogP contribution < -0.4 is 16.0 Å². The lowest BCUT2D eigenvalue weighted by molar-refractivity contribution is -0.147. The number of thiazole rings is 1. The molecule has 1 aliphatic heterocycles. The van der Waals surface area contributed by atoms with Crippen molar-refractivity contribution in [2.24, 2.45) is 17.3 Å². The summed E-state index contributed by atoms with van der Waals surface area (Å²) in [6, 6.07) is 2.67. The van der Waals surface area contributed by atoms with E-state index in [1.165, 1.54) is 6.07 Å². The fourth-order valence-corrected chi connectivity index (χ4v) is 8.41. The summed E-state index contributed by atoms with van der Waals surface area (Å²) >= 11 is 1.14. The molecule has 1 saturated heterocycles. The zero-order valence-electron chi connectivity index (χ0n) is 35.7. The van der Waals surface area contributed by atoms with Gasteiger partial charge in [0.15, 0.2) is 0 Å². The molecule has 1 aliphatic rings. The SMILES string of the molecule is CCCCCCN(C(=O)[C@@H](NC(=O)[C@H]1CCCCN1C)[C@@H](C)CC)[C@H](C[C@@H](O)c1nc(C(=O)N[C@@H](Cc2ccc(NC)c(F)c2)CC(C)(C)C(=O)O)cs1)C(C)C. The summed E-state index contributed by atoms with van der Waals surface area (Å²) in [6.07, 6.45) is 6.66. The second kappa shape index (κ2) is 22.5. The maximum atomic E-state index is 14.7. The number of nitrogens with one attached hydrogen (secondary N) is 3. The standard InChI is InChI=1S/C43H69FN6O6S/c1-10-12-13-15-21-50(41(54)37(28(5)11-2)48-39(53)34-17-14-16-20-49(34)9)35(27(3)4)24-36(51)40-47-33(26-57-40)38(52)46-30(25-43(6,7)42(55)56)22-29-18-19-32(45-8)31(44)23-29/h18-19,23,26-28,30,34-37,45,51H,10-17,20-22,24-25H2,1-9H3,(H,46,52)(H,48,53)(H,55,56)/t28-,30-,34+,35+,36+,37-/m0/s1. The van der Waals surface area contributed by atoms with Crippen LogP contribution in [0, 0.1) is 23.1 Å². The second-order valence-electron chi connectivity index (χ2n) is 16.9. The maximum absolute atomic E-state index is 14.7. The highest BCUT2D eigenvalue weighted by molar-refractivity contribution is 7.09. The summed E-state index contributed by atoms with van der Waals surface area (Å²) in [5.74, 6) is -2.43. The molecule has 0 aliphatic carbocycles. The van der Waals surface area contributed by atoms with Gasteiger partial charge >= 0.3 is 5.97 Å². The fourth-order valence-electron chi connectivity index (χ4n) is 7.61. The molecular weight excluding hydrogens is 748 g/mol. The van der Waals surface area contributed by atoms with Gasteiger partial charge in [-0.3, -0.25) is 24.1 Å². The summed E-state index contributed by atoms with van der Waals surface area (Å²) in [4.78, 5) is 62.4. The van der Waals surface area contributed by atoms with Crippen LogP contribution >= 0.6 is 11.3 Å². The van der Waals surface area contributed by atoms with E-state index in [9.17, 15) is 33.8 Å². The van der Waals surface area contributed by atoms with Crippen LogP contribution in [0.4, 0.5) is 10.1 Å². The molecule has 3 amide bonds. The summed E-state index contributed by atoms with van der Waals surface area (Å²) in [7, 11) is 3.57. The number of amides is 3. The van der Waals surface area contributed by atoms with Crippen molar-refractivity contribution in [3.63, 3.8) is 0 Å². The molecule has 14 heteroatoms. The smallest absolute Gasteiger partial charge is 0.309 e. The van der Waals surface area contributed by atoms with Crippen molar-refractivity contribution in [2.75, 3.05) is 32.5 Å². The van der Waals surface area contributed by atoms with Crippen LogP contribution in [0.25, 0.3) is 0 Å². The maximum Gasteiger partial charge on any atom is 0.309 e. The number of anilines is 1. The number of carbonyl (C=O) groups is 4. The minimum absolute atomic E-state index is 0.0411. The molecular formula is C43H69FN6O6S. The number of aliphatic carboxylic acids is 1. The quantitative estimate of drug-likeness (QED) is 0.0741. The number of nitrogens with zero attached hydrogens (tertiary/aromatic N) is 3. The first-order chi connectivity index (χ1) is 26.9. The van der Waals surface area contributed by atoms with Gasteiger partial charge in [0, 0.05) is 37.5 Å². The molecule has 0 spiro atoms. The van der Waals surface area contributed by atoms with E-state index in [2.05, 4.69) is 32.8 Å². The molecule has 0 bridgehead atoms. The minimum atomic E-state index is -1.18. The Balaban J connectivity index is 1.85. The van der Waals surface area contributed by atoms with Gasteiger partial charge in [-0.2, -0.15) is 0 Å². The van der Waals surface area contributed by atoms with Gasteiger partial charge in [0.05, 0.1) is 17.1 Å². The van der Waals surface area contributed by atoms with E-state index in [4.69, 9.17) is 0 Å². The zero-order chi connectivity index (χ0) is 42.4. The van der Waals surface area contributed by atoms with Crippen LogP contribution in [0.2, 0.25) is 0 Å². The van der Waals surface area contributed by atoms with Gasteiger partial charge < -0.3 is 31.1 Å². The minimum Gasteiger partial charge on any atom is -0.481 e. The zero-order valence-corrected chi connectivity index (χ0v) is 36.5. The third-order valence-electron chi connectivity index (χ3n) is 11.5. The van der Waals surface area contributed by atoms with Gasteiger partial charge in [-0.05, 0) is 89.1 Å². The number of carboxylic acid groups (broad SMARTS) is 1. The lowest BCUT2D eigenvalue weighted by atomic mass is 9.84. The summed E-state index contributed by atoms with van der Waals surface area (Å²) in [5.41, 5.74) is -0.186. The highest BCUT2D eigenvalue weighted by Crippen LogP contribution is 2.30. The first-order valence-electron chi connectivity index (χ1n) is 20.9. The summed E-state index contributed by atoms with van der Waals surface area (Å²) in [6.45, 7) is 14.7. The number of rotatable bonds is 23. The van der Waals surface area contributed by atoms with Gasteiger partial charge in [-0.1, -0.05) is 72.8 Å². The Morgan fingerprint density at radius 1 is 1.09 bits per heavy atom. The molecule has 1 aromatic heterocycles. The summed E-state index contributed by atoms with van der Waals surface area (Å²) < 4.78 is 14.6. The number of carboxylic acids is 1. The third-order valence-corrected chi connectivity index (χ3v) is 12.5. The van der Waals surface area contributed by atoms with Crippen LogP contribution in [0.15, 0.2) is 23.6 Å². The number of likely N-dealkylation sites (N-methyl/N-ethyl adjacent to an activating group) is 1. The van der Waals surface area contributed by atoms with E-state index in [0.29, 0.717) is 29.2 Å². The van der Waals surface area contributed by atoms with Crippen LogP contribution in [-0.2, 0) is 20.8 Å². The molecule has 0 radical (unpaired) electrons. The Kier molecular flexibility index (Phi) is 18.9. The van der Waals surface area contributed by atoms with E-state index >= 15 is 0 Å². The molecule has 3 rings (SSSR count). The number of aliphatic hydroxyl groups excluding tert-OH is 1. The van der Waals surface area contributed by atoms with Crippen LogP contribution in [0.3, 0.4) is 0 Å². The van der Waals surface area contributed by atoms with Gasteiger partial charge in [0.25, 0.3) is 5.91 Å². The molecule has 0 unspecified atom stereocenters. The average molecular weight is 817 g/mol. The number of hydrogen-bond acceptors (Lipinski definition) is 9. The molecule has 12 nitrogen and oxygen atoms in total. The lowest BCUT2D eigenvalue weighted by Gasteiger charge is -2.40. The van der Waals surface area contributed by atoms with Crippen molar-refractivity contribution in [1.82, 2.24) is 25.4 Å². The molecule has 57 heavy (non-hydrogen) atoms. The van der Waals surface area contributed by atoms with Gasteiger partial charge in [0.2, 0.25) is 11.8 Å². The van der Waals surface area contributed by atoms with Crippen molar-refractivity contribution in [2.45, 2.75) is 149 Å². The van der Waals surface area contributed by atoms with Crippen molar-refractivity contribution in [3.8, 4) is 0 Å². The topological polar surface area (TPSA) is 164 Å². The first-order valence-corrected chi connectivity index (χ1v) is 21.8. The number of halogens is 1. The van der Waals surface area contributed by atoms with Gasteiger partial charge in [-0.15, -0.1) is 11.3 Å².